The van der Waals surface area contributed by atoms with E-state index in [1.165, 1.54) is 0 Å². The molecule has 17 heavy (non-hydrogen) atoms. The molecule has 0 spiro atoms. The molecular weight excluding hydrogens is 222 g/mol. The first-order valence-electron chi connectivity index (χ1n) is 5.78. The minimum absolute atomic E-state index is 0.0885. The second-order valence-electron chi connectivity index (χ2n) is 4.15. The number of ether oxygens (including phenoxy) is 1. The maximum atomic E-state index is 11.4. The summed E-state index contributed by atoms with van der Waals surface area (Å²) in [6, 6.07) is -0.522. The van der Waals surface area contributed by atoms with E-state index in [4.69, 9.17) is 10.5 Å². The highest BCUT2D eigenvalue weighted by atomic mass is 16.5. The smallest absolute Gasteiger partial charge is 0.237 e. The number of amides is 2. The molecule has 1 atom stereocenters. The Labute approximate surface area is 102 Å². The summed E-state index contributed by atoms with van der Waals surface area (Å²) >= 11 is 0. The molecule has 0 aliphatic carbocycles. The first-order chi connectivity index (χ1) is 7.99. The van der Waals surface area contributed by atoms with Crippen molar-refractivity contribution >= 4 is 11.8 Å². The standard InChI is InChI=1S/C11H23N3O3/c1-8(2)10(12)11(16)14-5-4-9(15)13-6-7-17-3/h8,10H,4-7,12H2,1-3H3,(H,13,15)(H,14,16)/t10-/m1/s1. The van der Waals surface area contributed by atoms with Crippen LogP contribution in [-0.4, -0.2) is 44.7 Å². The van der Waals surface area contributed by atoms with Crippen molar-refractivity contribution < 1.29 is 14.3 Å². The number of rotatable bonds is 8. The fourth-order valence-electron chi connectivity index (χ4n) is 1.10. The van der Waals surface area contributed by atoms with Gasteiger partial charge in [0.15, 0.2) is 0 Å². The van der Waals surface area contributed by atoms with Crippen molar-refractivity contribution in [3.63, 3.8) is 0 Å². The summed E-state index contributed by atoms with van der Waals surface area (Å²) in [4.78, 5) is 22.7. The molecule has 0 saturated carbocycles. The number of carbonyl (C=O) groups excluding carboxylic acids is 2. The van der Waals surface area contributed by atoms with Gasteiger partial charge in [-0.25, -0.2) is 0 Å². The van der Waals surface area contributed by atoms with Crippen LogP contribution in [0.15, 0.2) is 0 Å². The van der Waals surface area contributed by atoms with Gasteiger partial charge in [0.1, 0.15) is 0 Å². The van der Waals surface area contributed by atoms with Gasteiger partial charge in [0.2, 0.25) is 11.8 Å². The number of hydrogen-bond acceptors (Lipinski definition) is 4. The maximum Gasteiger partial charge on any atom is 0.237 e. The molecule has 6 heteroatoms. The fourth-order valence-corrected chi connectivity index (χ4v) is 1.10. The maximum absolute atomic E-state index is 11.4. The van der Waals surface area contributed by atoms with Crippen LogP contribution in [0.25, 0.3) is 0 Å². The highest BCUT2D eigenvalue weighted by molar-refractivity contribution is 5.82. The van der Waals surface area contributed by atoms with Crippen molar-refractivity contribution in [3.05, 3.63) is 0 Å². The third kappa shape index (κ3) is 7.70. The molecule has 0 radical (unpaired) electrons. The molecule has 0 aromatic carbocycles. The highest BCUT2D eigenvalue weighted by Gasteiger charge is 2.16. The van der Waals surface area contributed by atoms with Gasteiger partial charge in [0.25, 0.3) is 0 Å². The number of nitrogens with two attached hydrogens (primary N) is 1. The summed E-state index contributed by atoms with van der Waals surface area (Å²) in [5, 5.41) is 5.29. The van der Waals surface area contributed by atoms with Crippen LogP contribution < -0.4 is 16.4 Å². The van der Waals surface area contributed by atoms with E-state index in [9.17, 15) is 9.59 Å². The van der Waals surface area contributed by atoms with Gasteiger partial charge in [-0.05, 0) is 5.92 Å². The second kappa shape index (κ2) is 8.95. The quantitative estimate of drug-likeness (QED) is 0.490. The van der Waals surface area contributed by atoms with Crippen LogP contribution in [0.5, 0.6) is 0 Å². The number of hydrogen-bond donors (Lipinski definition) is 3. The lowest BCUT2D eigenvalue weighted by atomic mass is 10.1. The van der Waals surface area contributed by atoms with Crippen LogP contribution in [0.4, 0.5) is 0 Å². The van der Waals surface area contributed by atoms with Gasteiger partial charge in [-0.1, -0.05) is 13.8 Å². The molecule has 0 aliphatic heterocycles. The number of carbonyl (C=O) groups is 2. The normalized spacial score (nSPS) is 12.3. The minimum Gasteiger partial charge on any atom is -0.383 e. The molecule has 6 nitrogen and oxygen atoms in total. The van der Waals surface area contributed by atoms with Gasteiger partial charge in [-0.15, -0.1) is 0 Å². The summed E-state index contributed by atoms with van der Waals surface area (Å²) in [5.74, 6) is -0.240. The molecule has 0 bridgehead atoms. The summed E-state index contributed by atoms with van der Waals surface area (Å²) in [5.41, 5.74) is 5.65. The Hall–Kier alpha value is -1.14. The molecule has 0 heterocycles. The minimum atomic E-state index is -0.522. The topological polar surface area (TPSA) is 93.5 Å². The predicted octanol–water partition coefficient (Wildman–Crippen LogP) is -0.761. The lowest BCUT2D eigenvalue weighted by Gasteiger charge is -2.15. The van der Waals surface area contributed by atoms with Crippen LogP contribution in [0.3, 0.4) is 0 Å². The van der Waals surface area contributed by atoms with E-state index in [-0.39, 0.29) is 24.2 Å². The molecule has 0 aliphatic rings. The van der Waals surface area contributed by atoms with Crippen molar-refractivity contribution in [2.75, 3.05) is 26.8 Å². The van der Waals surface area contributed by atoms with Crippen LogP contribution in [0.2, 0.25) is 0 Å². The largest absolute Gasteiger partial charge is 0.383 e. The monoisotopic (exact) mass is 245 g/mol. The van der Waals surface area contributed by atoms with Crippen LogP contribution in [0.1, 0.15) is 20.3 Å². The van der Waals surface area contributed by atoms with E-state index in [0.717, 1.165) is 0 Å². The zero-order chi connectivity index (χ0) is 13.3. The van der Waals surface area contributed by atoms with Gasteiger partial charge in [0, 0.05) is 26.6 Å². The summed E-state index contributed by atoms with van der Waals surface area (Å²) in [7, 11) is 1.57. The van der Waals surface area contributed by atoms with E-state index < -0.39 is 6.04 Å². The Morgan fingerprint density at radius 3 is 2.41 bits per heavy atom. The van der Waals surface area contributed by atoms with Crippen molar-refractivity contribution in [3.8, 4) is 0 Å². The molecular formula is C11H23N3O3. The average molecular weight is 245 g/mol. The Balaban J connectivity index is 3.62. The van der Waals surface area contributed by atoms with E-state index >= 15 is 0 Å². The molecule has 4 N–H and O–H groups in total. The van der Waals surface area contributed by atoms with Crippen molar-refractivity contribution in [2.45, 2.75) is 26.3 Å². The Morgan fingerprint density at radius 2 is 1.88 bits per heavy atom. The lowest BCUT2D eigenvalue weighted by molar-refractivity contribution is -0.123. The SMILES string of the molecule is COCCNC(=O)CCNC(=O)[C@H](N)C(C)C. The zero-order valence-corrected chi connectivity index (χ0v) is 10.8. The summed E-state index contributed by atoms with van der Waals surface area (Å²) in [6.45, 7) is 5.02. The van der Waals surface area contributed by atoms with E-state index in [0.29, 0.717) is 19.7 Å². The van der Waals surface area contributed by atoms with Crippen LogP contribution in [-0.2, 0) is 14.3 Å². The van der Waals surface area contributed by atoms with Gasteiger partial charge in [0.05, 0.1) is 12.6 Å². The average Bonchev–Trinajstić information content (AvgIpc) is 2.28. The van der Waals surface area contributed by atoms with E-state index in [1.807, 2.05) is 13.8 Å². The Morgan fingerprint density at radius 1 is 1.24 bits per heavy atom. The summed E-state index contributed by atoms with van der Waals surface area (Å²) in [6.07, 6.45) is 0.250. The number of nitrogens with one attached hydrogen (secondary N) is 2. The van der Waals surface area contributed by atoms with Crippen molar-refractivity contribution in [2.24, 2.45) is 11.7 Å². The zero-order valence-electron chi connectivity index (χ0n) is 10.8. The molecule has 100 valence electrons. The van der Waals surface area contributed by atoms with Gasteiger partial charge >= 0.3 is 0 Å². The lowest BCUT2D eigenvalue weighted by Crippen LogP contribution is -2.44. The van der Waals surface area contributed by atoms with Crippen molar-refractivity contribution in [1.29, 1.82) is 0 Å². The Bertz CT molecular complexity index is 244. The highest BCUT2D eigenvalue weighted by Crippen LogP contribution is 1.97. The van der Waals surface area contributed by atoms with Crippen LogP contribution in [0, 0.1) is 5.92 Å². The molecule has 0 aromatic heterocycles. The predicted molar refractivity (Wildman–Crippen MR) is 65.3 cm³/mol. The van der Waals surface area contributed by atoms with Gasteiger partial charge < -0.3 is 21.1 Å². The Kier molecular flexibility index (Phi) is 8.35. The fraction of sp³-hybridized carbons (Fsp3) is 0.818. The molecule has 0 unspecified atom stereocenters. The second-order valence-corrected chi connectivity index (χ2v) is 4.15. The van der Waals surface area contributed by atoms with Crippen LogP contribution >= 0.6 is 0 Å². The summed E-state index contributed by atoms with van der Waals surface area (Å²) < 4.78 is 4.79. The van der Waals surface area contributed by atoms with Gasteiger partial charge in [-0.3, -0.25) is 9.59 Å². The third-order valence-electron chi connectivity index (χ3n) is 2.30. The van der Waals surface area contributed by atoms with Crippen molar-refractivity contribution in [1.82, 2.24) is 10.6 Å². The molecule has 0 fully saturated rings. The van der Waals surface area contributed by atoms with E-state index in [1.54, 1.807) is 7.11 Å². The molecule has 0 rings (SSSR count). The first kappa shape index (κ1) is 15.9. The molecule has 0 aromatic rings. The number of methoxy groups -OCH3 is 1. The third-order valence-corrected chi connectivity index (χ3v) is 2.30. The van der Waals surface area contributed by atoms with Gasteiger partial charge in [-0.2, -0.15) is 0 Å². The van der Waals surface area contributed by atoms with E-state index in [2.05, 4.69) is 10.6 Å². The first-order valence-corrected chi connectivity index (χ1v) is 5.78. The molecule has 0 saturated heterocycles. The molecule has 2 amide bonds.